The van der Waals surface area contributed by atoms with Crippen molar-refractivity contribution in [3.05, 3.63) is 51.7 Å². The van der Waals surface area contributed by atoms with E-state index in [-0.39, 0.29) is 17.3 Å². The van der Waals surface area contributed by atoms with Crippen molar-refractivity contribution in [1.29, 1.82) is 0 Å². The van der Waals surface area contributed by atoms with Gasteiger partial charge in [0.25, 0.3) is 5.69 Å². The molecular weight excluding hydrogens is 280 g/mol. The molecule has 1 aliphatic heterocycles. The van der Waals surface area contributed by atoms with Crippen LogP contribution in [0.25, 0.3) is 0 Å². The Kier molecular flexibility index (Phi) is 2.83. The molecule has 10 heteroatoms. The summed E-state index contributed by atoms with van der Waals surface area (Å²) < 4.78 is 1.35. The van der Waals surface area contributed by atoms with Crippen molar-refractivity contribution in [2.24, 2.45) is 0 Å². The van der Waals surface area contributed by atoms with E-state index in [2.05, 4.69) is 20.8 Å². The number of benzene rings is 1. The van der Waals surface area contributed by atoms with Crippen LogP contribution in [0.1, 0.15) is 11.6 Å². The average Bonchev–Trinajstić information content (AvgIpc) is 2.94. The molecule has 2 N–H and O–H groups in total. The van der Waals surface area contributed by atoms with E-state index in [1.54, 1.807) is 6.07 Å². The van der Waals surface area contributed by atoms with Crippen molar-refractivity contribution in [3.63, 3.8) is 0 Å². The number of carboxylic acids is 1. The lowest BCUT2D eigenvalue weighted by atomic mass is 10.0. The first-order valence-electron chi connectivity index (χ1n) is 5.80. The minimum Gasteiger partial charge on any atom is -0.477 e. The minimum atomic E-state index is -1.17. The normalized spacial score (nSPS) is 16.6. The number of hydrogen-bond acceptors (Lipinski definition) is 7. The van der Waals surface area contributed by atoms with Gasteiger partial charge in [-0.25, -0.2) is 4.79 Å². The molecular formula is C11H8N6O4. The second-order valence-electron chi connectivity index (χ2n) is 4.25. The maximum absolute atomic E-state index is 11.1. The number of aliphatic carboxylic acids is 1. The summed E-state index contributed by atoms with van der Waals surface area (Å²) in [6.45, 7) is 0. The highest BCUT2D eigenvalue weighted by Gasteiger charge is 2.27. The monoisotopic (exact) mass is 288 g/mol. The lowest BCUT2D eigenvalue weighted by molar-refractivity contribution is -0.384. The second kappa shape index (κ2) is 4.67. The Labute approximate surface area is 116 Å². The van der Waals surface area contributed by atoms with E-state index in [4.69, 9.17) is 5.11 Å². The number of carboxylic acid groups (broad SMARTS) is 1. The first-order chi connectivity index (χ1) is 10.1. The largest absolute Gasteiger partial charge is 0.477 e. The van der Waals surface area contributed by atoms with Crippen molar-refractivity contribution in [2.45, 2.75) is 6.04 Å². The fourth-order valence-electron chi connectivity index (χ4n) is 2.04. The van der Waals surface area contributed by atoms with Crippen molar-refractivity contribution in [1.82, 2.24) is 20.2 Å². The van der Waals surface area contributed by atoms with Crippen LogP contribution in [0.2, 0.25) is 0 Å². The third-order valence-corrected chi connectivity index (χ3v) is 2.98. The standard InChI is InChI=1S/C11H8N6O4/c18-10(19)8-5-9(16-11(12-8)13-14-15-16)6-2-1-3-7(4-6)17(20)21/h1-5,9H,(H,18,19)(H,12,13,15). The smallest absolute Gasteiger partial charge is 0.352 e. The number of hydrogen-bond donors (Lipinski definition) is 2. The Bertz CT molecular complexity index is 768. The van der Waals surface area contributed by atoms with Gasteiger partial charge >= 0.3 is 5.97 Å². The number of allylic oxidation sites excluding steroid dienone is 1. The van der Waals surface area contributed by atoms with Crippen LogP contribution in [0.3, 0.4) is 0 Å². The quantitative estimate of drug-likeness (QED) is 0.617. The summed E-state index contributed by atoms with van der Waals surface area (Å²) in [5.41, 5.74) is 0.331. The van der Waals surface area contributed by atoms with E-state index < -0.39 is 16.9 Å². The first-order valence-corrected chi connectivity index (χ1v) is 5.80. The van der Waals surface area contributed by atoms with Gasteiger partial charge in [-0.05, 0) is 22.1 Å². The molecule has 0 saturated carbocycles. The van der Waals surface area contributed by atoms with Gasteiger partial charge in [0, 0.05) is 12.1 Å². The molecule has 1 aromatic heterocycles. The van der Waals surface area contributed by atoms with Gasteiger partial charge in [-0.15, -0.1) is 0 Å². The van der Waals surface area contributed by atoms with E-state index in [1.807, 2.05) is 0 Å². The summed E-state index contributed by atoms with van der Waals surface area (Å²) in [4.78, 5) is 21.4. The molecule has 1 aliphatic rings. The summed E-state index contributed by atoms with van der Waals surface area (Å²) in [6.07, 6.45) is 1.39. The van der Waals surface area contributed by atoms with Crippen LogP contribution in [-0.4, -0.2) is 36.2 Å². The Morgan fingerprint density at radius 2 is 2.29 bits per heavy atom. The highest BCUT2D eigenvalue weighted by atomic mass is 16.6. The number of aromatic nitrogens is 4. The molecule has 0 saturated heterocycles. The molecule has 3 rings (SSSR count). The fraction of sp³-hybridized carbons (Fsp3) is 0.0909. The van der Waals surface area contributed by atoms with Crippen molar-refractivity contribution in [3.8, 4) is 0 Å². The summed E-state index contributed by atoms with van der Waals surface area (Å²) >= 11 is 0. The summed E-state index contributed by atoms with van der Waals surface area (Å²) in [7, 11) is 0. The van der Waals surface area contributed by atoms with Crippen LogP contribution in [0.15, 0.2) is 36.0 Å². The number of nitro benzene ring substituents is 1. The maximum Gasteiger partial charge on any atom is 0.352 e. The molecule has 0 radical (unpaired) electrons. The molecule has 1 unspecified atom stereocenters. The predicted molar refractivity (Wildman–Crippen MR) is 68.4 cm³/mol. The van der Waals surface area contributed by atoms with Crippen molar-refractivity contribution >= 4 is 17.6 Å². The van der Waals surface area contributed by atoms with Gasteiger partial charge in [-0.2, -0.15) is 4.68 Å². The second-order valence-corrected chi connectivity index (χ2v) is 4.25. The number of non-ortho nitro benzene ring substituents is 1. The number of rotatable bonds is 3. The number of nitro groups is 1. The molecule has 0 fully saturated rings. The summed E-state index contributed by atoms with van der Waals surface area (Å²) in [5, 5.41) is 33.4. The number of anilines is 1. The highest BCUT2D eigenvalue weighted by molar-refractivity contribution is 5.90. The minimum absolute atomic E-state index is 0.0891. The van der Waals surface area contributed by atoms with Crippen LogP contribution < -0.4 is 5.32 Å². The third kappa shape index (κ3) is 2.18. The molecule has 1 aromatic carbocycles. The number of carbonyl (C=O) groups is 1. The highest BCUT2D eigenvalue weighted by Crippen LogP contribution is 2.29. The topological polar surface area (TPSA) is 136 Å². The molecule has 0 aliphatic carbocycles. The third-order valence-electron chi connectivity index (χ3n) is 2.98. The molecule has 1 atom stereocenters. The lowest BCUT2D eigenvalue weighted by Gasteiger charge is -2.21. The Balaban J connectivity index is 2.10. The molecule has 10 nitrogen and oxygen atoms in total. The van der Waals surface area contributed by atoms with E-state index in [0.717, 1.165) is 0 Å². The Morgan fingerprint density at radius 3 is 3.00 bits per heavy atom. The van der Waals surface area contributed by atoms with E-state index >= 15 is 0 Å². The summed E-state index contributed by atoms with van der Waals surface area (Å²) in [6, 6.07) is 5.24. The molecule has 2 aromatic rings. The lowest BCUT2D eigenvalue weighted by Crippen LogP contribution is -2.24. The fourth-order valence-corrected chi connectivity index (χ4v) is 2.04. The zero-order valence-corrected chi connectivity index (χ0v) is 10.4. The van der Waals surface area contributed by atoms with Crippen molar-refractivity contribution < 1.29 is 14.8 Å². The molecule has 0 amide bonds. The van der Waals surface area contributed by atoms with Crippen LogP contribution >= 0.6 is 0 Å². The predicted octanol–water partition coefficient (Wildman–Crippen LogP) is 0.565. The maximum atomic E-state index is 11.1. The van der Waals surface area contributed by atoms with Gasteiger partial charge in [0.15, 0.2) is 0 Å². The first kappa shape index (κ1) is 12.7. The van der Waals surface area contributed by atoms with Gasteiger partial charge < -0.3 is 10.4 Å². The molecule has 106 valence electrons. The molecule has 0 spiro atoms. The van der Waals surface area contributed by atoms with Crippen LogP contribution in [0.4, 0.5) is 11.6 Å². The molecule has 0 bridgehead atoms. The Morgan fingerprint density at radius 1 is 1.48 bits per heavy atom. The zero-order chi connectivity index (χ0) is 15.0. The van der Waals surface area contributed by atoms with Crippen LogP contribution in [0.5, 0.6) is 0 Å². The van der Waals surface area contributed by atoms with E-state index in [9.17, 15) is 14.9 Å². The number of nitrogens with one attached hydrogen (secondary N) is 1. The average molecular weight is 288 g/mol. The number of tetrazole rings is 1. The van der Waals surface area contributed by atoms with Gasteiger partial charge in [0.1, 0.15) is 11.7 Å². The SMILES string of the molecule is O=C(O)C1=CC(c2cccc([N+](=O)[O-])c2)n2nnnc2N1. The van der Waals surface area contributed by atoms with Gasteiger partial charge in [-0.3, -0.25) is 10.1 Å². The molecule has 2 heterocycles. The van der Waals surface area contributed by atoms with E-state index in [0.29, 0.717) is 5.56 Å². The summed E-state index contributed by atoms with van der Waals surface area (Å²) in [5.74, 6) is -1.01. The van der Waals surface area contributed by atoms with Crippen LogP contribution in [0, 0.1) is 10.1 Å². The van der Waals surface area contributed by atoms with Crippen molar-refractivity contribution in [2.75, 3.05) is 5.32 Å². The van der Waals surface area contributed by atoms with E-state index in [1.165, 1.54) is 29.0 Å². The molecule has 21 heavy (non-hydrogen) atoms. The number of fused-ring (bicyclic) bond motifs is 1. The Hall–Kier alpha value is -3.30. The van der Waals surface area contributed by atoms with Gasteiger partial charge in [-0.1, -0.05) is 17.2 Å². The van der Waals surface area contributed by atoms with Crippen LogP contribution in [-0.2, 0) is 4.79 Å². The van der Waals surface area contributed by atoms with Gasteiger partial charge in [0.05, 0.1) is 4.92 Å². The number of nitrogens with zero attached hydrogens (tertiary/aromatic N) is 5. The van der Waals surface area contributed by atoms with Gasteiger partial charge in [0.2, 0.25) is 5.95 Å². The zero-order valence-electron chi connectivity index (χ0n) is 10.4.